The Labute approximate surface area is 118 Å². The van der Waals surface area contributed by atoms with Crippen molar-refractivity contribution in [2.24, 2.45) is 5.92 Å². The molecule has 1 rings (SSSR count). The zero-order valence-corrected chi connectivity index (χ0v) is 12.6. The van der Waals surface area contributed by atoms with Crippen molar-refractivity contribution in [3.05, 3.63) is 0 Å². The van der Waals surface area contributed by atoms with Gasteiger partial charge in [0, 0.05) is 12.0 Å². The molecule has 1 aliphatic carbocycles. The Morgan fingerprint density at radius 1 is 1.32 bits per heavy atom. The van der Waals surface area contributed by atoms with Gasteiger partial charge in [0.2, 0.25) is 0 Å². The van der Waals surface area contributed by atoms with Crippen molar-refractivity contribution in [3.8, 4) is 0 Å². The molecular weight excluding hydrogens is 262 g/mol. The molecular formula is C13H23N3O2S. The molecule has 3 N–H and O–H groups in total. The molecule has 0 bridgehead atoms. The Balaban J connectivity index is 2.32. The van der Waals surface area contributed by atoms with Crippen LogP contribution in [0.3, 0.4) is 0 Å². The van der Waals surface area contributed by atoms with Gasteiger partial charge in [-0.1, -0.05) is 11.8 Å². The molecule has 1 amide bonds. The van der Waals surface area contributed by atoms with Gasteiger partial charge in [-0.15, -0.1) is 0 Å². The van der Waals surface area contributed by atoms with Gasteiger partial charge in [0.1, 0.15) is 5.60 Å². The molecule has 0 heterocycles. The minimum absolute atomic E-state index is 0.142. The van der Waals surface area contributed by atoms with Crippen molar-refractivity contribution in [2.75, 3.05) is 0 Å². The van der Waals surface area contributed by atoms with Crippen molar-refractivity contribution in [2.45, 2.75) is 58.1 Å². The third kappa shape index (κ3) is 6.09. The molecule has 0 aliphatic heterocycles. The molecule has 19 heavy (non-hydrogen) atoms. The fourth-order valence-electron chi connectivity index (χ4n) is 2.13. The lowest BCUT2D eigenvalue weighted by Gasteiger charge is -2.29. The molecule has 1 fully saturated rings. The van der Waals surface area contributed by atoms with Gasteiger partial charge in [-0.25, -0.2) is 4.79 Å². The van der Waals surface area contributed by atoms with Crippen molar-refractivity contribution in [1.82, 2.24) is 5.32 Å². The van der Waals surface area contributed by atoms with Crippen LogP contribution in [-0.4, -0.2) is 28.3 Å². The van der Waals surface area contributed by atoms with Crippen LogP contribution in [0.1, 0.15) is 46.5 Å². The first-order chi connectivity index (χ1) is 8.81. The molecule has 0 unspecified atom stereocenters. The molecule has 1 aliphatic rings. The third-order valence-electron chi connectivity index (χ3n) is 3.00. The van der Waals surface area contributed by atoms with Gasteiger partial charge in [-0.2, -0.15) is 0 Å². The fraction of sp³-hybridized carbons (Fsp3) is 0.769. The van der Waals surface area contributed by atoms with Crippen LogP contribution in [0.5, 0.6) is 0 Å². The highest BCUT2D eigenvalue weighted by Gasteiger charge is 2.26. The van der Waals surface area contributed by atoms with Crippen molar-refractivity contribution >= 4 is 28.4 Å². The van der Waals surface area contributed by atoms with Gasteiger partial charge in [0.25, 0.3) is 0 Å². The topological polar surface area (TPSA) is 86.0 Å². The maximum absolute atomic E-state index is 11.6. The summed E-state index contributed by atoms with van der Waals surface area (Å²) in [5, 5.41) is 18.2. The summed E-state index contributed by atoms with van der Waals surface area (Å²) in [5.41, 5.74) is 0.734. The lowest BCUT2D eigenvalue weighted by molar-refractivity contribution is 0.0491. The second-order valence-corrected chi connectivity index (χ2v) is 6.71. The van der Waals surface area contributed by atoms with Crippen LogP contribution in [0, 0.1) is 16.7 Å². The van der Waals surface area contributed by atoms with Gasteiger partial charge in [0.15, 0.2) is 0 Å². The van der Waals surface area contributed by atoms with Crippen molar-refractivity contribution in [3.63, 3.8) is 0 Å². The van der Waals surface area contributed by atoms with E-state index in [4.69, 9.17) is 15.6 Å². The maximum Gasteiger partial charge on any atom is 0.407 e. The second kappa shape index (κ2) is 6.93. The van der Waals surface area contributed by atoms with E-state index in [1.165, 1.54) is 17.3 Å². The summed E-state index contributed by atoms with van der Waals surface area (Å²) in [7, 11) is 0. The van der Waals surface area contributed by atoms with E-state index in [2.05, 4.69) is 5.32 Å². The normalized spacial score (nSPS) is 23.5. The molecule has 0 aromatic heterocycles. The SMILES string of the molecule is CC(C)(C)OC(=O)NC1CCC(C(=N)SC=N)CC1. The van der Waals surface area contributed by atoms with Gasteiger partial charge in [-0.3, -0.25) is 5.41 Å². The molecule has 1 saturated carbocycles. The molecule has 6 heteroatoms. The highest BCUT2D eigenvalue weighted by Crippen LogP contribution is 2.28. The Hall–Kier alpha value is -1.04. The molecule has 0 radical (unpaired) electrons. The Bertz CT molecular complexity index is 344. The van der Waals surface area contributed by atoms with Gasteiger partial charge in [-0.05, 0) is 46.5 Å². The lowest BCUT2D eigenvalue weighted by Crippen LogP contribution is -2.41. The number of thioether (sulfide) groups is 1. The predicted molar refractivity (Wildman–Crippen MR) is 79.2 cm³/mol. The van der Waals surface area contributed by atoms with E-state index >= 15 is 0 Å². The predicted octanol–water partition coefficient (Wildman–Crippen LogP) is 3.39. The van der Waals surface area contributed by atoms with Crippen LogP contribution in [0.2, 0.25) is 0 Å². The number of hydrogen-bond donors (Lipinski definition) is 3. The molecule has 0 atom stereocenters. The molecule has 0 spiro atoms. The van der Waals surface area contributed by atoms with Crippen molar-refractivity contribution in [1.29, 1.82) is 10.8 Å². The van der Waals surface area contributed by atoms with E-state index < -0.39 is 5.60 Å². The standard InChI is InChI=1S/C13H23N3O2S/c1-13(2,3)18-12(17)16-10-6-4-9(5-7-10)11(15)19-8-14/h8-10,14-15H,4-7H2,1-3H3,(H,16,17). The van der Waals surface area contributed by atoms with Crippen LogP contribution in [0.25, 0.3) is 0 Å². The number of alkyl carbamates (subject to hydrolysis) is 1. The Kier molecular flexibility index (Phi) is 5.85. The van der Waals surface area contributed by atoms with E-state index in [1.807, 2.05) is 20.8 Å². The summed E-state index contributed by atoms with van der Waals surface area (Å²) in [5.74, 6) is 0.239. The molecule has 0 aromatic carbocycles. The van der Waals surface area contributed by atoms with Crippen molar-refractivity contribution < 1.29 is 9.53 Å². The quantitative estimate of drug-likeness (QED) is 0.549. The first-order valence-electron chi connectivity index (χ1n) is 6.55. The van der Waals surface area contributed by atoms with Gasteiger partial charge in [0.05, 0.1) is 10.6 Å². The van der Waals surface area contributed by atoms with Gasteiger partial charge >= 0.3 is 6.09 Å². The average Bonchev–Trinajstić information content (AvgIpc) is 2.27. The number of carbonyl (C=O) groups is 1. The average molecular weight is 285 g/mol. The minimum Gasteiger partial charge on any atom is -0.444 e. The molecule has 5 nitrogen and oxygen atoms in total. The summed E-state index contributed by atoms with van der Waals surface area (Å²) in [4.78, 5) is 11.6. The highest BCUT2D eigenvalue weighted by molar-refractivity contribution is 8.24. The smallest absolute Gasteiger partial charge is 0.407 e. The number of ether oxygens (including phenoxy) is 1. The van der Waals surface area contributed by atoms with E-state index in [-0.39, 0.29) is 18.1 Å². The minimum atomic E-state index is -0.468. The zero-order chi connectivity index (χ0) is 14.5. The fourth-order valence-corrected chi connectivity index (χ4v) is 2.69. The van der Waals surface area contributed by atoms with E-state index in [1.54, 1.807) is 0 Å². The number of rotatable bonds is 3. The summed E-state index contributed by atoms with van der Waals surface area (Å²) in [6.07, 6.45) is 3.15. The Morgan fingerprint density at radius 2 is 1.89 bits per heavy atom. The van der Waals surface area contributed by atoms with E-state index in [0.29, 0.717) is 5.04 Å². The molecule has 0 saturated heterocycles. The first kappa shape index (κ1) is 16.0. The van der Waals surface area contributed by atoms with E-state index in [9.17, 15) is 4.79 Å². The number of hydrogen-bond acceptors (Lipinski definition) is 5. The summed E-state index contributed by atoms with van der Waals surface area (Å²) >= 11 is 1.17. The lowest BCUT2D eigenvalue weighted by atomic mass is 9.87. The monoisotopic (exact) mass is 285 g/mol. The molecule has 0 aromatic rings. The van der Waals surface area contributed by atoms with E-state index in [0.717, 1.165) is 25.7 Å². The summed E-state index contributed by atoms with van der Waals surface area (Å²) < 4.78 is 5.23. The largest absolute Gasteiger partial charge is 0.444 e. The van der Waals surface area contributed by atoms with Crippen LogP contribution in [0.15, 0.2) is 0 Å². The number of carbonyl (C=O) groups excluding carboxylic acids is 1. The van der Waals surface area contributed by atoms with Crippen LogP contribution >= 0.6 is 11.8 Å². The Morgan fingerprint density at radius 3 is 2.37 bits per heavy atom. The molecule has 108 valence electrons. The third-order valence-corrected chi connectivity index (χ3v) is 3.71. The second-order valence-electron chi connectivity index (χ2n) is 5.79. The van der Waals surface area contributed by atoms with Crippen LogP contribution < -0.4 is 5.32 Å². The maximum atomic E-state index is 11.6. The first-order valence-corrected chi connectivity index (χ1v) is 7.43. The number of nitrogens with one attached hydrogen (secondary N) is 3. The number of amides is 1. The van der Waals surface area contributed by atoms with Crippen LogP contribution in [-0.2, 0) is 4.74 Å². The zero-order valence-electron chi connectivity index (χ0n) is 11.8. The van der Waals surface area contributed by atoms with Gasteiger partial charge < -0.3 is 15.5 Å². The summed E-state index contributed by atoms with van der Waals surface area (Å²) in [6, 6.07) is 0.142. The highest BCUT2D eigenvalue weighted by atomic mass is 32.2. The summed E-state index contributed by atoms with van der Waals surface area (Å²) in [6.45, 7) is 5.54. The van der Waals surface area contributed by atoms with Crippen LogP contribution in [0.4, 0.5) is 4.79 Å².